The molecule has 5 N–H and O–H groups in total. The number of rotatable bonds is 24. The minimum Gasteiger partial charge on any atom is -0.459 e. The van der Waals surface area contributed by atoms with Gasteiger partial charge in [-0.1, -0.05) is 12.1 Å². The largest absolute Gasteiger partial charge is 0.459 e. The molecule has 390 valence electrons. The first kappa shape index (κ1) is 58.4. The van der Waals surface area contributed by atoms with Gasteiger partial charge in [-0.05, 0) is 139 Å². The molecule has 22 heteroatoms. The monoisotopic (exact) mass is 1000 g/mol. The summed E-state index contributed by atoms with van der Waals surface area (Å²) in [4.78, 5) is 90.2. The molecular formula is C48H75N9O12S. The molecule has 3 amide bonds. The van der Waals surface area contributed by atoms with Crippen molar-refractivity contribution in [1.29, 1.82) is 0 Å². The summed E-state index contributed by atoms with van der Waals surface area (Å²) in [6.45, 7) is 21.9. The van der Waals surface area contributed by atoms with Gasteiger partial charge in [0.1, 0.15) is 59.2 Å². The maximum absolute atomic E-state index is 13.7. The number of unbranched alkanes of at least 4 members (excludes halogenated alkanes) is 1. The van der Waals surface area contributed by atoms with Crippen LogP contribution in [0.4, 0.5) is 4.79 Å². The van der Waals surface area contributed by atoms with E-state index in [-0.39, 0.29) is 56.9 Å². The molecule has 0 aliphatic carbocycles. The van der Waals surface area contributed by atoms with E-state index in [1.54, 1.807) is 129 Å². The number of carbonyl (C=O) groups excluding carboxylic acids is 6. The van der Waals surface area contributed by atoms with Gasteiger partial charge in [-0.15, -0.1) is 0 Å². The van der Waals surface area contributed by atoms with Crippen molar-refractivity contribution >= 4 is 45.8 Å². The lowest BCUT2D eigenvalue weighted by Crippen LogP contribution is -2.53. The zero-order valence-electron chi connectivity index (χ0n) is 42.9. The number of nitrogens with two attached hydrogens (primary N) is 1. The van der Waals surface area contributed by atoms with Gasteiger partial charge in [0.2, 0.25) is 15.9 Å². The number of ether oxygens (including phenoxy) is 4. The van der Waals surface area contributed by atoms with E-state index in [0.717, 1.165) is 5.56 Å². The number of esters is 4. The van der Waals surface area contributed by atoms with Crippen molar-refractivity contribution in [2.24, 2.45) is 5.14 Å². The lowest BCUT2D eigenvalue weighted by Gasteiger charge is -2.27. The highest BCUT2D eigenvalue weighted by Crippen LogP contribution is 2.17. The van der Waals surface area contributed by atoms with E-state index in [0.29, 0.717) is 37.5 Å². The van der Waals surface area contributed by atoms with E-state index >= 15 is 0 Å². The summed E-state index contributed by atoms with van der Waals surface area (Å²) in [6, 6.07) is 2.68. The third-order valence-corrected chi connectivity index (χ3v) is 10.6. The molecule has 0 aliphatic rings. The number of nitrogens with zero attached hydrogens (tertiary/aromatic N) is 5. The molecule has 3 aromatic rings. The highest BCUT2D eigenvalue weighted by molar-refractivity contribution is 7.89. The number of urea groups is 1. The molecule has 0 saturated carbocycles. The van der Waals surface area contributed by atoms with Gasteiger partial charge in [-0.2, -0.15) is 0 Å². The molecule has 0 aliphatic heterocycles. The number of carbonyl (C=O) groups is 6. The average Bonchev–Trinajstić information content (AvgIpc) is 3.82. The highest BCUT2D eigenvalue weighted by atomic mass is 32.2. The van der Waals surface area contributed by atoms with Crippen molar-refractivity contribution < 1.29 is 56.1 Å². The van der Waals surface area contributed by atoms with E-state index < -0.39 is 80.3 Å². The second-order valence-electron chi connectivity index (χ2n) is 20.9. The lowest BCUT2D eigenvalue weighted by molar-refractivity contribution is -0.158. The quantitative estimate of drug-likeness (QED) is 0.0549. The fourth-order valence-corrected chi connectivity index (χ4v) is 7.27. The van der Waals surface area contributed by atoms with Crippen LogP contribution in [-0.2, 0) is 85.5 Å². The molecule has 2 atom stereocenters. The smallest absolute Gasteiger partial charge is 0.329 e. The SMILES string of the molecule is CC(C)(C)OC(=O)Cn1ccnc1CN(CCCCC(NC(=O)NC(CCC(=O)NCCc1ccc(S(N)(=O)=O)cc1)C(=O)OC(C)(C)C)C(=O)OC(C)(C)C)Cc1nccn1CC(=O)OC(C)(C)C. The first-order chi connectivity index (χ1) is 32.2. The predicted molar refractivity (Wildman–Crippen MR) is 259 cm³/mol. The van der Waals surface area contributed by atoms with E-state index in [4.69, 9.17) is 24.1 Å². The van der Waals surface area contributed by atoms with E-state index in [9.17, 15) is 37.2 Å². The normalized spacial score (nSPS) is 13.2. The van der Waals surface area contributed by atoms with E-state index in [1.165, 1.54) is 12.1 Å². The molecule has 21 nitrogen and oxygen atoms in total. The summed E-state index contributed by atoms with van der Waals surface area (Å²) in [7, 11) is -3.85. The molecule has 2 heterocycles. The molecule has 0 saturated heterocycles. The molecular weight excluding hydrogens is 927 g/mol. The van der Waals surface area contributed by atoms with Crippen LogP contribution in [-0.4, -0.2) is 116 Å². The summed E-state index contributed by atoms with van der Waals surface area (Å²) in [5, 5.41) is 13.2. The van der Waals surface area contributed by atoms with Crippen LogP contribution in [0.15, 0.2) is 53.9 Å². The number of primary sulfonamides is 1. The van der Waals surface area contributed by atoms with Gasteiger partial charge in [0.15, 0.2) is 0 Å². The fraction of sp³-hybridized carbons (Fsp3) is 0.625. The minimum atomic E-state index is -3.85. The van der Waals surface area contributed by atoms with Crippen molar-refractivity contribution in [2.75, 3.05) is 13.1 Å². The summed E-state index contributed by atoms with van der Waals surface area (Å²) in [5.74, 6) is -1.59. The predicted octanol–water partition coefficient (Wildman–Crippen LogP) is 4.44. The number of benzene rings is 1. The first-order valence-electron chi connectivity index (χ1n) is 23.3. The number of aromatic nitrogens is 4. The lowest BCUT2D eigenvalue weighted by atomic mass is 10.1. The Labute approximate surface area is 412 Å². The van der Waals surface area contributed by atoms with Gasteiger partial charge < -0.3 is 44.0 Å². The minimum absolute atomic E-state index is 0.0314. The van der Waals surface area contributed by atoms with Crippen LogP contribution in [0.3, 0.4) is 0 Å². The van der Waals surface area contributed by atoms with Crippen LogP contribution in [0, 0.1) is 0 Å². The molecule has 2 aromatic heterocycles. The van der Waals surface area contributed by atoms with E-state index in [2.05, 4.69) is 25.9 Å². The summed E-state index contributed by atoms with van der Waals surface area (Å²) < 4.78 is 48.9. The zero-order valence-corrected chi connectivity index (χ0v) is 43.7. The Morgan fingerprint density at radius 2 is 1.10 bits per heavy atom. The van der Waals surface area contributed by atoms with Crippen LogP contribution >= 0.6 is 0 Å². The van der Waals surface area contributed by atoms with Gasteiger partial charge in [0.05, 0.1) is 18.0 Å². The molecule has 0 fully saturated rings. The molecule has 1 aromatic carbocycles. The third kappa shape index (κ3) is 23.2. The second kappa shape index (κ2) is 25.3. The van der Waals surface area contributed by atoms with Crippen molar-refractivity contribution in [3.05, 3.63) is 66.3 Å². The Morgan fingerprint density at radius 1 is 0.657 bits per heavy atom. The summed E-state index contributed by atoms with van der Waals surface area (Å²) in [6.07, 6.45) is 7.71. The number of hydrogen-bond acceptors (Lipinski definition) is 15. The molecule has 70 heavy (non-hydrogen) atoms. The van der Waals surface area contributed by atoms with Crippen molar-refractivity contribution in [2.45, 2.75) is 187 Å². The number of hydrogen-bond donors (Lipinski definition) is 4. The zero-order chi connectivity index (χ0) is 52.7. The molecule has 0 bridgehead atoms. The van der Waals surface area contributed by atoms with Crippen LogP contribution in [0.2, 0.25) is 0 Å². The summed E-state index contributed by atoms with van der Waals surface area (Å²) >= 11 is 0. The van der Waals surface area contributed by atoms with Gasteiger partial charge in [0.25, 0.3) is 0 Å². The van der Waals surface area contributed by atoms with Crippen molar-refractivity contribution in [3.8, 4) is 0 Å². The Bertz CT molecular complexity index is 2270. The Kier molecular flexibility index (Phi) is 21.1. The number of amides is 3. The number of sulfonamides is 1. The van der Waals surface area contributed by atoms with Gasteiger partial charge in [-0.3, -0.25) is 19.3 Å². The third-order valence-electron chi connectivity index (χ3n) is 9.63. The van der Waals surface area contributed by atoms with Crippen LogP contribution < -0.4 is 21.1 Å². The number of nitrogens with one attached hydrogen (secondary N) is 3. The molecule has 0 spiro atoms. The average molecular weight is 1000 g/mol. The topological polar surface area (TPSA) is 274 Å². The summed E-state index contributed by atoms with van der Waals surface area (Å²) in [5.41, 5.74) is -2.42. The van der Waals surface area contributed by atoms with Gasteiger partial charge in [-0.25, -0.2) is 37.9 Å². The highest BCUT2D eigenvalue weighted by Gasteiger charge is 2.31. The van der Waals surface area contributed by atoms with Gasteiger partial charge in [0, 0.05) is 37.8 Å². The standard InChI is InChI=1S/C48H75N9O12S/c1-45(2,3)66-40(59)31-56-27-24-50-37(56)29-55(30-38-51-25-28-57(38)32-41(60)67-46(4,5)6)26-14-13-15-35(42(61)68-47(7,8)9)53-44(63)54-36(43(62)69-48(10,11)12)20-21-39(58)52-23-22-33-16-18-34(19-17-33)70(49,64)65/h16-19,24-25,27-28,35-36H,13-15,20-23,26,29-32H2,1-12H3,(H,52,58)(H2,49,64,65)(H2,53,54,63). The van der Waals surface area contributed by atoms with Gasteiger partial charge >= 0.3 is 29.9 Å². The first-order valence-corrected chi connectivity index (χ1v) is 24.9. The fourth-order valence-electron chi connectivity index (χ4n) is 6.75. The number of imidazole rings is 2. The molecule has 2 unspecified atom stereocenters. The van der Waals surface area contributed by atoms with Crippen LogP contribution in [0.1, 0.15) is 132 Å². The Morgan fingerprint density at radius 3 is 1.53 bits per heavy atom. The van der Waals surface area contributed by atoms with Crippen LogP contribution in [0.25, 0.3) is 0 Å². The maximum Gasteiger partial charge on any atom is 0.329 e. The van der Waals surface area contributed by atoms with Crippen molar-refractivity contribution in [1.82, 2.24) is 40.0 Å². The second-order valence-corrected chi connectivity index (χ2v) is 22.5. The van der Waals surface area contributed by atoms with Crippen molar-refractivity contribution in [3.63, 3.8) is 0 Å². The Balaban J connectivity index is 1.75. The maximum atomic E-state index is 13.7. The Hall–Kier alpha value is -5.87. The molecule has 3 rings (SSSR count). The molecule has 0 radical (unpaired) electrons. The van der Waals surface area contributed by atoms with Crippen LogP contribution in [0.5, 0.6) is 0 Å². The van der Waals surface area contributed by atoms with E-state index in [1.807, 2.05) is 4.90 Å².